The number of nitrogen functional groups attached to an aromatic ring is 1. The summed E-state index contributed by atoms with van der Waals surface area (Å²) in [7, 11) is 1.59. The summed E-state index contributed by atoms with van der Waals surface area (Å²) >= 11 is 3.34. The zero-order chi connectivity index (χ0) is 15.2. The van der Waals surface area contributed by atoms with Crippen molar-refractivity contribution in [1.29, 1.82) is 0 Å². The lowest BCUT2D eigenvalue weighted by Crippen LogP contribution is -2.20. The van der Waals surface area contributed by atoms with Crippen LogP contribution < -0.4 is 20.5 Å². The number of rotatable bonds is 5. The lowest BCUT2D eigenvalue weighted by molar-refractivity contribution is -0.118. The van der Waals surface area contributed by atoms with Gasteiger partial charge in [0.05, 0.1) is 12.8 Å². The van der Waals surface area contributed by atoms with E-state index in [4.69, 9.17) is 15.2 Å². The van der Waals surface area contributed by atoms with Gasteiger partial charge in [-0.15, -0.1) is 0 Å². The fraction of sp³-hybridized carbons (Fsp3) is 0.133. The molecule has 0 spiro atoms. The maximum absolute atomic E-state index is 11.8. The Balaban J connectivity index is 1.89. The van der Waals surface area contributed by atoms with Crippen LogP contribution in [0, 0.1) is 0 Å². The number of methoxy groups -OCH3 is 1. The quantitative estimate of drug-likeness (QED) is 0.812. The highest BCUT2D eigenvalue weighted by Crippen LogP contribution is 2.24. The highest BCUT2D eigenvalue weighted by molar-refractivity contribution is 9.10. The molecule has 2 aromatic carbocycles. The zero-order valence-corrected chi connectivity index (χ0v) is 13.0. The Morgan fingerprint density at radius 2 is 1.86 bits per heavy atom. The van der Waals surface area contributed by atoms with Gasteiger partial charge >= 0.3 is 0 Å². The van der Waals surface area contributed by atoms with E-state index in [0.717, 1.165) is 10.2 Å². The second-order valence-corrected chi connectivity index (χ2v) is 5.11. The largest absolute Gasteiger partial charge is 0.497 e. The highest BCUT2D eigenvalue weighted by Gasteiger charge is 2.07. The maximum Gasteiger partial charge on any atom is 0.262 e. The second-order valence-electron chi connectivity index (χ2n) is 4.25. The molecule has 0 saturated heterocycles. The van der Waals surface area contributed by atoms with Crippen molar-refractivity contribution in [3.05, 3.63) is 46.9 Å². The number of nitrogens with one attached hydrogen (secondary N) is 1. The molecular formula is C15H15BrN2O3. The molecule has 1 amide bonds. The van der Waals surface area contributed by atoms with E-state index in [9.17, 15) is 4.79 Å². The molecule has 2 aromatic rings. The fourth-order valence-corrected chi connectivity index (χ4v) is 2.14. The first kappa shape index (κ1) is 15.2. The summed E-state index contributed by atoms with van der Waals surface area (Å²) in [5, 5.41) is 2.74. The van der Waals surface area contributed by atoms with Crippen molar-refractivity contribution < 1.29 is 14.3 Å². The molecule has 0 atom stereocenters. The van der Waals surface area contributed by atoms with E-state index >= 15 is 0 Å². The van der Waals surface area contributed by atoms with E-state index in [1.807, 2.05) is 0 Å². The average molecular weight is 351 g/mol. The molecule has 0 aliphatic carbocycles. The Kier molecular flexibility index (Phi) is 5.05. The average Bonchev–Trinajstić information content (AvgIpc) is 2.48. The molecule has 0 bridgehead atoms. The van der Waals surface area contributed by atoms with Crippen LogP contribution >= 0.6 is 15.9 Å². The van der Waals surface area contributed by atoms with Crippen molar-refractivity contribution in [3.8, 4) is 11.5 Å². The summed E-state index contributed by atoms with van der Waals surface area (Å²) in [5.41, 5.74) is 6.90. The maximum atomic E-state index is 11.8. The van der Waals surface area contributed by atoms with Crippen LogP contribution in [0.2, 0.25) is 0 Å². The molecule has 2 rings (SSSR count). The van der Waals surface area contributed by atoms with E-state index in [2.05, 4.69) is 21.2 Å². The van der Waals surface area contributed by atoms with Gasteiger partial charge in [0.2, 0.25) is 0 Å². The SMILES string of the molecule is COc1ccc(OCC(=O)Nc2ccc(N)cc2Br)cc1. The van der Waals surface area contributed by atoms with Gasteiger partial charge in [-0.2, -0.15) is 0 Å². The van der Waals surface area contributed by atoms with Gasteiger partial charge in [0.25, 0.3) is 5.91 Å². The van der Waals surface area contributed by atoms with Crippen LogP contribution in [0.1, 0.15) is 0 Å². The summed E-state index contributed by atoms with van der Waals surface area (Å²) in [6.45, 7) is -0.0802. The van der Waals surface area contributed by atoms with Gasteiger partial charge in [-0.05, 0) is 58.4 Å². The highest BCUT2D eigenvalue weighted by atomic mass is 79.9. The van der Waals surface area contributed by atoms with Crippen LogP contribution in [-0.2, 0) is 4.79 Å². The number of ether oxygens (including phenoxy) is 2. The Morgan fingerprint density at radius 1 is 1.19 bits per heavy atom. The minimum absolute atomic E-state index is 0.0802. The van der Waals surface area contributed by atoms with E-state index in [1.165, 1.54) is 0 Å². The minimum atomic E-state index is -0.253. The molecular weight excluding hydrogens is 336 g/mol. The molecule has 0 aromatic heterocycles. The predicted octanol–water partition coefficient (Wildman–Crippen LogP) is 3.06. The van der Waals surface area contributed by atoms with Crippen molar-refractivity contribution in [2.75, 3.05) is 24.8 Å². The number of hydrogen-bond acceptors (Lipinski definition) is 4. The first-order valence-electron chi connectivity index (χ1n) is 6.20. The number of hydrogen-bond donors (Lipinski definition) is 2. The number of benzene rings is 2. The predicted molar refractivity (Wildman–Crippen MR) is 85.7 cm³/mol. The molecule has 0 aliphatic rings. The lowest BCUT2D eigenvalue weighted by Gasteiger charge is -2.09. The molecule has 0 saturated carbocycles. The van der Waals surface area contributed by atoms with Gasteiger partial charge in [0, 0.05) is 10.2 Å². The minimum Gasteiger partial charge on any atom is -0.497 e. The van der Waals surface area contributed by atoms with Crippen LogP contribution in [0.25, 0.3) is 0 Å². The van der Waals surface area contributed by atoms with Crippen LogP contribution in [-0.4, -0.2) is 19.6 Å². The topological polar surface area (TPSA) is 73.6 Å². The van der Waals surface area contributed by atoms with Crippen LogP contribution in [0.15, 0.2) is 46.9 Å². The van der Waals surface area contributed by atoms with E-state index in [-0.39, 0.29) is 12.5 Å². The van der Waals surface area contributed by atoms with Gasteiger partial charge in [-0.25, -0.2) is 0 Å². The Labute approximate surface area is 131 Å². The standard InChI is InChI=1S/C15H15BrN2O3/c1-20-11-3-5-12(6-4-11)21-9-15(19)18-14-7-2-10(17)8-13(14)16/h2-8H,9,17H2,1H3,(H,18,19). The smallest absolute Gasteiger partial charge is 0.262 e. The number of carbonyl (C=O) groups is 1. The third-order valence-corrected chi connectivity index (χ3v) is 3.35. The van der Waals surface area contributed by atoms with Crippen molar-refractivity contribution in [1.82, 2.24) is 0 Å². The molecule has 110 valence electrons. The van der Waals surface area contributed by atoms with Crippen LogP contribution in [0.5, 0.6) is 11.5 Å². The summed E-state index contributed by atoms with van der Waals surface area (Å²) in [5.74, 6) is 1.08. The van der Waals surface area contributed by atoms with Gasteiger partial charge in [-0.3, -0.25) is 4.79 Å². The summed E-state index contributed by atoms with van der Waals surface area (Å²) in [6, 6.07) is 12.2. The molecule has 0 unspecified atom stereocenters. The zero-order valence-electron chi connectivity index (χ0n) is 11.4. The van der Waals surface area contributed by atoms with Gasteiger partial charge in [0.15, 0.2) is 6.61 Å². The Bertz CT molecular complexity index is 629. The summed E-state index contributed by atoms with van der Waals surface area (Å²) < 4.78 is 11.2. The van der Waals surface area contributed by atoms with Gasteiger partial charge in [-0.1, -0.05) is 0 Å². The third-order valence-electron chi connectivity index (χ3n) is 2.70. The molecule has 0 aliphatic heterocycles. The number of halogens is 1. The molecule has 0 heterocycles. The Hall–Kier alpha value is -2.21. The number of carbonyl (C=O) groups excluding carboxylic acids is 1. The van der Waals surface area contributed by atoms with E-state index in [1.54, 1.807) is 49.6 Å². The van der Waals surface area contributed by atoms with Crippen LogP contribution in [0.3, 0.4) is 0 Å². The van der Waals surface area contributed by atoms with Crippen molar-refractivity contribution >= 4 is 33.2 Å². The Morgan fingerprint density at radius 3 is 2.48 bits per heavy atom. The van der Waals surface area contributed by atoms with E-state index in [0.29, 0.717) is 17.1 Å². The summed E-state index contributed by atoms with van der Waals surface area (Å²) in [6.07, 6.45) is 0. The molecule has 3 N–H and O–H groups in total. The molecule has 6 heteroatoms. The van der Waals surface area contributed by atoms with Crippen molar-refractivity contribution in [3.63, 3.8) is 0 Å². The third kappa shape index (κ3) is 4.39. The lowest BCUT2D eigenvalue weighted by atomic mass is 10.3. The van der Waals surface area contributed by atoms with Crippen molar-refractivity contribution in [2.24, 2.45) is 0 Å². The number of nitrogens with two attached hydrogens (primary N) is 1. The van der Waals surface area contributed by atoms with Crippen LogP contribution in [0.4, 0.5) is 11.4 Å². The molecule has 0 fully saturated rings. The molecule has 21 heavy (non-hydrogen) atoms. The first-order valence-corrected chi connectivity index (χ1v) is 6.99. The van der Waals surface area contributed by atoms with Gasteiger partial charge < -0.3 is 20.5 Å². The normalized spacial score (nSPS) is 10.0. The number of anilines is 2. The molecule has 5 nitrogen and oxygen atoms in total. The number of amides is 1. The molecule has 0 radical (unpaired) electrons. The monoisotopic (exact) mass is 350 g/mol. The van der Waals surface area contributed by atoms with E-state index < -0.39 is 0 Å². The fourth-order valence-electron chi connectivity index (χ4n) is 1.64. The van der Waals surface area contributed by atoms with Gasteiger partial charge in [0.1, 0.15) is 11.5 Å². The van der Waals surface area contributed by atoms with Crippen molar-refractivity contribution in [2.45, 2.75) is 0 Å². The summed E-state index contributed by atoms with van der Waals surface area (Å²) in [4.78, 5) is 11.8. The second kappa shape index (κ2) is 6.99. The first-order chi connectivity index (χ1) is 10.1.